The molecule has 0 saturated heterocycles. The Morgan fingerprint density at radius 1 is 1.30 bits per heavy atom. The lowest BCUT2D eigenvalue weighted by atomic mass is 10.2. The highest BCUT2D eigenvalue weighted by molar-refractivity contribution is 9.10. The fourth-order valence-corrected chi connectivity index (χ4v) is 3.00. The number of hydrogen-bond donors (Lipinski definition) is 2. The Morgan fingerprint density at radius 3 is 2.57 bits per heavy atom. The average molecular weight is 397 g/mol. The first kappa shape index (κ1) is 17.6. The van der Waals surface area contributed by atoms with E-state index in [1.807, 2.05) is 35.9 Å². The summed E-state index contributed by atoms with van der Waals surface area (Å²) in [6.07, 6.45) is 1.77. The molecular formula is C15H17BrN4O2S. The van der Waals surface area contributed by atoms with E-state index >= 15 is 0 Å². The van der Waals surface area contributed by atoms with Gasteiger partial charge < -0.3 is 9.88 Å². The van der Waals surface area contributed by atoms with E-state index in [2.05, 4.69) is 31.5 Å². The van der Waals surface area contributed by atoms with Crippen LogP contribution in [0.4, 0.5) is 4.79 Å². The summed E-state index contributed by atoms with van der Waals surface area (Å²) in [6, 6.07) is 7.41. The van der Waals surface area contributed by atoms with Gasteiger partial charge in [0, 0.05) is 18.6 Å². The Kier molecular flexibility index (Phi) is 5.84. The molecule has 1 aromatic heterocycles. The molecule has 0 aliphatic rings. The molecular weight excluding hydrogens is 380 g/mol. The zero-order valence-corrected chi connectivity index (χ0v) is 15.4. The number of benzene rings is 1. The van der Waals surface area contributed by atoms with Crippen molar-refractivity contribution in [1.82, 2.24) is 20.2 Å². The summed E-state index contributed by atoms with van der Waals surface area (Å²) >= 11 is 4.71. The van der Waals surface area contributed by atoms with Crippen LogP contribution in [-0.2, 0) is 11.8 Å². The third-order valence-electron chi connectivity index (χ3n) is 3.20. The van der Waals surface area contributed by atoms with Gasteiger partial charge in [-0.3, -0.25) is 10.1 Å². The zero-order valence-electron chi connectivity index (χ0n) is 13.0. The van der Waals surface area contributed by atoms with Crippen molar-refractivity contribution in [3.8, 4) is 11.3 Å². The number of carbonyl (C=O) groups excluding carboxylic acids is 2. The molecule has 0 aliphatic carbocycles. The summed E-state index contributed by atoms with van der Waals surface area (Å²) in [7, 11) is 3.36. The van der Waals surface area contributed by atoms with Crippen LogP contribution in [0.15, 0.2) is 40.1 Å². The molecule has 2 rings (SSSR count). The van der Waals surface area contributed by atoms with Crippen molar-refractivity contribution >= 4 is 39.6 Å². The maximum atomic E-state index is 11.9. The van der Waals surface area contributed by atoms with Crippen molar-refractivity contribution in [3.63, 3.8) is 0 Å². The van der Waals surface area contributed by atoms with Gasteiger partial charge in [-0.25, -0.2) is 9.78 Å². The number of thioether (sulfide) groups is 1. The van der Waals surface area contributed by atoms with E-state index in [-0.39, 0.29) is 5.91 Å². The molecule has 0 aliphatic heterocycles. The van der Waals surface area contributed by atoms with Crippen LogP contribution in [0, 0.1) is 0 Å². The maximum Gasteiger partial charge on any atom is 0.321 e. The predicted molar refractivity (Wildman–Crippen MR) is 94.3 cm³/mol. The largest absolute Gasteiger partial charge is 0.341 e. The summed E-state index contributed by atoms with van der Waals surface area (Å²) in [5.41, 5.74) is 2.00. The molecule has 2 N–H and O–H groups in total. The van der Waals surface area contributed by atoms with Gasteiger partial charge in [0.15, 0.2) is 5.16 Å². The van der Waals surface area contributed by atoms with Gasteiger partial charge in [0.25, 0.3) is 0 Å². The molecule has 3 amide bonds. The lowest BCUT2D eigenvalue weighted by molar-refractivity contribution is -0.119. The minimum atomic E-state index is -0.516. The van der Waals surface area contributed by atoms with Gasteiger partial charge in [-0.05, 0) is 24.6 Å². The Hall–Kier alpha value is -1.80. The quantitative estimate of drug-likeness (QED) is 0.778. The van der Waals surface area contributed by atoms with E-state index < -0.39 is 11.3 Å². The highest BCUT2D eigenvalue weighted by Gasteiger charge is 2.19. The monoisotopic (exact) mass is 396 g/mol. The second-order valence-corrected chi connectivity index (χ2v) is 7.04. The fraction of sp³-hybridized carbons (Fsp3) is 0.267. The normalized spacial score (nSPS) is 11.8. The molecule has 6 nitrogen and oxygen atoms in total. The molecule has 1 atom stereocenters. The first-order valence-corrected chi connectivity index (χ1v) is 8.56. The van der Waals surface area contributed by atoms with E-state index in [4.69, 9.17) is 0 Å². The average Bonchev–Trinajstić information content (AvgIpc) is 2.89. The molecule has 0 fully saturated rings. The highest BCUT2D eigenvalue weighted by atomic mass is 79.9. The van der Waals surface area contributed by atoms with Crippen molar-refractivity contribution in [3.05, 3.63) is 34.9 Å². The topological polar surface area (TPSA) is 76.0 Å². The minimum absolute atomic E-state index is 0.359. The molecule has 23 heavy (non-hydrogen) atoms. The standard InChI is InChI=1S/C15H17BrN4O2S/c1-9(13(21)19-14(22)17-2)23-15-18-8-12(20(15)3)10-4-6-11(16)7-5-10/h4-9H,1-3H3,(H2,17,19,21,22)/t9-/m1/s1. The van der Waals surface area contributed by atoms with Gasteiger partial charge in [-0.15, -0.1) is 0 Å². The Morgan fingerprint density at radius 2 is 1.96 bits per heavy atom. The third-order valence-corrected chi connectivity index (χ3v) is 4.89. The molecule has 0 unspecified atom stereocenters. The zero-order chi connectivity index (χ0) is 17.0. The first-order valence-electron chi connectivity index (χ1n) is 6.89. The Bertz CT molecular complexity index is 715. The number of urea groups is 1. The third kappa shape index (κ3) is 4.35. The van der Waals surface area contributed by atoms with Crippen LogP contribution in [-0.4, -0.2) is 33.8 Å². The molecule has 0 radical (unpaired) electrons. The van der Waals surface area contributed by atoms with Crippen molar-refractivity contribution < 1.29 is 9.59 Å². The molecule has 122 valence electrons. The van der Waals surface area contributed by atoms with Crippen molar-refractivity contribution in [2.24, 2.45) is 7.05 Å². The summed E-state index contributed by atoms with van der Waals surface area (Å²) < 4.78 is 2.94. The number of amides is 3. The van der Waals surface area contributed by atoms with Crippen LogP contribution in [0.3, 0.4) is 0 Å². The molecule has 0 spiro atoms. The van der Waals surface area contributed by atoms with Crippen LogP contribution in [0.2, 0.25) is 0 Å². The van der Waals surface area contributed by atoms with E-state index in [0.29, 0.717) is 5.16 Å². The molecule has 8 heteroatoms. The lowest BCUT2D eigenvalue weighted by Crippen LogP contribution is -2.41. The Labute approximate surface area is 147 Å². The Balaban J connectivity index is 2.11. The highest BCUT2D eigenvalue weighted by Crippen LogP contribution is 2.28. The van der Waals surface area contributed by atoms with E-state index in [9.17, 15) is 9.59 Å². The number of hydrogen-bond acceptors (Lipinski definition) is 4. The smallest absolute Gasteiger partial charge is 0.321 e. The summed E-state index contributed by atoms with van der Waals surface area (Å²) in [4.78, 5) is 27.5. The fourth-order valence-electron chi connectivity index (χ4n) is 1.88. The number of carbonyl (C=O) groups is 2. The number of halogens is 1. The van der Waals surface area contributed by atoms with Gasteiger partial charge in [0.2, 0.25) is 5.91 Å². The minimum Gasteiger partial charge on any atom is -0.341 e. The second kappa shape index (κ2) is 7.65. The van der Waals surface area contributed by atoms with Crippen molar-refractivity contribution in [2.45, 2.75) is 17.3 Å². The summed E-state index contributed by atoms with van der Waals surface area (Å²) in [5.74, 6) is -0.359. The predicted octanol–water partition coefficient (Wildman–Crippen LogP) is 2.79. The van der Waals surface area contributed by atoms with Gasteiger partial charge in [0.05, 0.1) is 17.1 Å². The van der Waals surface area contributed by atoms with Crippen LogP contribution >= 0.6 is 27.7 Å². The van der Waals surface area contributed by atoms with Gasteiger partial charge in [0.1, 0.15) is 0 Å². The number of aromatic nitrogens is 2. The molecule has 1 aromatic carbocycles. The summed E-state index contributed by atoms with van der Waals surface area (Å²) in [5, 5.41) is 4.88. The van der Waals surface area contributed by atoms with Gasteiger partial charge in [-0.2, -0.15) is 0 Å². The maximum absolute atomic E-state index is 11.9. The lowest BCUT2D eigenvalue weighted by Gasteiger charge is -2.11. The van der Waals surface area contributed by atoms with Gasteiger partial charge in [-0.1, -0.05) is 39.8 Å². The van der Waals surface area contributed by atoms with Crippen molar-refractivity contribution in [2.75, 3.05) is 7.05 Å². The number of imidazole rings is 1. The number of imide groups is 1. The van der Waals surface area contributed by atoms with Crippen molar-refractivity contribution in [1.29, 1.82) is 0 Å². The second-order valence-electron chi connectivity index (χ2n) is 4.82. The summed E-state index contributed by atoms with van der Waals surface area (Å²) in [6.45, 7) is 1.73. The van der Waals surface area contributed by atoms with E-state index in [0.717, 1.165) is 15.7 Å². The van der Waals surface area contributed by atoms with Crippen LogP contribution in [0.25, 0.3) is 11.3 Å². The van der Waals surface area contributed by atoms with Crippen LogP contribution < -0.4 is 10.6 Å². The van der Waals surface area contributed by atoms with Crippen LogP contribution in [0.5, 0.6) is 0 Å². The first-order chi connectivity index (χ1) is 10.9. The van der Waals surface area contributed by atoms with Crippen LogP contribution in [0.1, 0.15) is 6.92 Å². The number of nitrogens with zero attached hydrogens (tertiary/aromatic N) is 2. The molecule has 0 bridgehead atoms. The SMILES string of the molecule is CNC(=O)NC(=O)[C@@H](C)Sc1ncc(-c2ccc(Br)cc2)n1C. The van der Waals surface area contributed by atoms with E-state index in [1.54, 1.807) is 13.1 Å². The number of nitrogens with one attached hydrogen (secondary N) is 2. The number of rotatable bonds is 4. The van der Waals surface area contributed by atoms with Gasteiger partial charge >= 0.3 is 6.03 Å². The molecule has 1 heterocycles. The molecule has 2 aromatic rings. The molecule has 0 saturated carbocycles. The van der Waals surface area contributed by atoms with E-state index in [1.165, 1.54) is 18.8 Å².